The van der Waals surface area contributed by atoms with Crippen LogP contribution in [-0.4, -0.2) is 17.2 Å². The molecular formula is C14H15Cl2N3O2. The van der Waals surface area contributed by atoms with Gasteiger partial charge in [0, 0.05) is 24.4 Å². The lowest BCUT2D eigenvalue weighted by Gasteiger charge is -2.11. The number of aromatic amines is 1. The average molecular weight is 328 g/mol. The summed E-state index contributed by atoms with van der Waals surface area (Å²) >= 11 is 12.3. The number of ether oxygens (including phenoxy) is 1. The number of benzene rings is 1. The minimum atomic E-state index is -0.236. The van der Waals surface area contributed by atoms with Gasteiger partial charge < -0.3 is 10.1 Å². The summed E-state index contributed by atoms with van der Waals surface area (Å²) in [6.45, 7) is 3.83. The van der Waals surface area contributed by atoms with E-state index in [0.717, 1.165) is 5.69 Å². The van der Waals surface area contributed by atoms with Crippen molar-refractivity contribution >= 4 is 28.9 Å². The van der Waals surface area contributed by atoms with E-state index in [4.69, 9.17) is 27.9 Å². The first-order chi connectivity index (χ1) is 9.92. The van der Waals surface area contributed by atoms with Crippen LogP contribution in [0, 0.1) is 0 Å². The van der Waals surface area contributed by atoms with Crippen molar-refractivity contribution in [3.05, 3.63) is 44.2 Å². The second-order valence-electron chi connectivity index (χ2n) is 4.77. The van der Waals surface area contributed by atoms with Crippen LogP contribution in [-0.2, 0) is 0 Å². The third kappa shape index (κ3) is 3.49. The standard InChI is InChI=1S/C14H15Cl2N3O2/c1-7(2)9-6-12(18-19-14(9)20)21-13-10(15)4-8(17-3)5-11(13)16/h4-7,17H,1-3H3,(H,19,20). The van der Waals surface area contributed by atoms with Gasteiger partial charge in [-0.3, -0.25) is 4.79 Å². The third-order valence-corrected chi connectivity index (χ3v) is 3.49. The minimum Gasteiger partial charge on any atom is -0.434 e. The molecule has 0 saturated carbocycles. The average Bonchev–Trinajstić information content (AvgIpc) is 2.43. The van der Waals surface area contributed by atoms with Crippen LogP contribution in [0.5, 0.6) is 11.6 Å². The molecule has 0 radical (unpaired) electrons. The lowest BCUT2D eigenvalue weighted by Crippen LogP contribution is -2.15. The molecule has 0 amide bonds. The van der Waals surface area contributed by atoms with Crippen molar-refractivity contribution in [3.8, 4) is 11.6 Å². The Morgan fingerprint density at radius 2 is 1.86 bits per heavy atom. The zero-order chi connectivity index (χ0) is 15.6. The third-order valence-electron chi connectivity index (χ3n) is 2.92. The van der Waals surface area contributed by atoms with E-state index in [2.05, 4.69) is 15.5 Å². The molecule has 0 atom stereocenters. The maximum Gasteiger partial charge on any atom is 0.267 e. The lowest BCUT2D eigenvalue weighted by molar-refractivity contribution is 0.452. The van der Waals surface area contributed by atoms with E-state index in [-0.39, 0.29) is 17.4 Å². The number of H-pyrrole nitrogens is 1. The number of halogens is 2. The van der Waals surface area contributed by atoms with E-state index in [9.17, 15) is 4.79 Å². The van der Waals surface area contributed by atoms with E-state index in [1.165, 1.54) is 0 Å². The van der Waals surface area contributed by atoms with Gasteiger partial charge in [-0.15, -0.1) is 5.10 Å². The molecule has 7 heteroatoms. The molecule has 5 nitrogen and oxygen atoms in total. The van der Waals surface area contributed by atoms with Gasteiger partial charge in [0.05, 0.1) is 10.0 Å². The van der Waals surface area contributed by atoms with E-state index < -0.39 is 0 Å². The minimum absolute atomic E-state index is 0.0525. The van der Waals surface area contributed by atoms with Gasteiger partial charge >= 0.3 is 0 Å². The summed E-state index contributed by atoms with van der Waals surface area (Å²) in [5, 5.41) is 9.90. The van der Waals surface area contributed by atoms with Crippen molar-refractivity contribution < 1.29 is 4.74 Å². The van der Waals surface area contributed by atoms with Gasteiger partial charge in [-0.05, 0) is 18.1 Å². The molecule has 1 heterocycles. The predicted octanol–water partition coefficient (Wildman–Crippen LogP) is 4.03. The fourth-order valence-corrected chi connectivity index (χ4v) is 2.35. The van der Waals surface area contributed by atoms with Gasteiger partial charge in [0.25, 0.3) is 5.56 Å². The van der Waals surface area contributed by atoms with Crippen molar-refractivity contribution in [2.24, 2.45) is 0 Å². The highest BCUT2D eigenvalue weighted by Crippen LogP contribution is 2.38. The topological polar surface area (TPSA) is 67.0 Å². The number of hydrogen-bond donors (Lipinski definition) is 2. The summed E-state index contributed by atoms with van der Waals surface area (Å²) in [7, 11) is 1.76. The molecule has 0 aliphatic rings. The zero-order valence-electron chi connectivity index (χ0n) is 11.8. The summed E-state index contributed by atoms with van der Waals surface area (Å²) in [5.41, 5.74) is 1.12. The Kier molecular flexibility index (Phi) is 4.75. The first-order valence-electron chi connectivity index (χ1n) is 6.36. The van der Waals surface area contributed by atoms with Crippen LogP contribution < -0.4 is 15.6 Å². The molecular weight excluding hydrogens is 313 g/mol. The van der Waals surface area contributed by atoms with Crippen molar-refractivity contribution in [1.82, 2.24) is 10.2 Å². The summed E-state index contributed by atoms with van der Waals surface area (Å²) in [4.78, 5) is 11.6. The number of rotatable bonds is 4. The molecule has 0 bridgehead atoms. The summed E-state index contributed by atoms with van der Waals surface area (Å²) < 4.78 is 5.61. The van der Waals surface area contributed by atoms with Gasteiger partial charge in [0.2, 0.25) is 5.88 Å². The largest absolute Gasteiger partial charge is 0.434 e. The van der Waals surface area contributed by atoms with E-state index in [1.807, 2.05) is 13.8 Å². The van der Waals surface area contributed by atoms with Crippen molar-refractivity contribution in [2.75, 3.05) is 12.4 Å². The fourth-order valence-electron chi connectivity index (χ4n) is 1.79. The van der Waals surface area contributed by atoms with Crippen molar-refractivity contribution in [1.29, 1.82) is 0 Å². The van der Waals surface area contributed by atoms with Crippen LogP contribution >= 0.6 is 23.2 Å². The Bertz CT molecular complexity index is 691. The highest BCUT2D eigenvalue weighted by molar-refractivity contribution is 6.37. The Morgan fingerprint density at radius 3 is 2.38 bits per heavy atom. The van der Waals surface area contributed by atoms with Crippen LogP contribution in [0.25, 0.3) is 0 Å². The van der Waals surface area contributed by atoms with E-state index >= 15 is 0 Å². The Morgan fingerprint density at radius 1 is 1.24 bits per heavy atom. The van der Waals surface area contributed by atoms with Gasteiger partial charge in [0.1, 0.15) is 0 Å². The first-order valence-corrected chi connectivity index (χ1v) is 7.12. The van der Waals surface area contributed by atoms with Gasteiger partial charge in [0.15, 0.2) is 5.75 Å². The smallest absolute Gasteiger partial charge is 0.267 e. The normalized spacial score (nSPS) is 10.8. The molecule has 0 aliphatic carbocycles. The fraction of sp³-hybridized carbons (Fsp3) is 0.286. The van der Waals surface area contributed by atoms with Crippen LogP contribution in [0.1, 0.15) is 25.3 Å². The molecule has 2 aromatic rings. The summed E-state index contributed by atoms with van der Waals surface area (Å²) in [6.07, 6.45) is 0. The molecule has 2 N–H and O–H groups in total. The molecule has 1 aromatic carbocycles. The molecule has 0 aliphatic heterocycles. The molecule has 0 saturated heterocycles. The molecule has 112 valence electrons. The Balaban J connectivity index is 2.39. The highest BCUT2D eigenvalue weighted by Gasteiger charge is 2.13. The zero-order valence-corrected chi connectivity index (χ0v) is 13.3. The summed E-state index contributed by atoms with van der Waals surface area (Å²) in [5.74, 6) is 0.586. The van der Waals surface area contributed by atoms with Gasteiger partial charge in [-0.1, -0.05) is 37.0 Å². The van der Waals surface area contributed by atoms with Gasteiger partial charge in [-0.2, -0.15) is 0 Å². The Hall–Kier alpha value is -1.72. The number of nitrogens with zero attached hydrogens (tertiary/aromatic N) is 1. The predicted molar refractivity (Wildman–Crippen MR) is 85.0 cm³/mol. The second-order valence-corrected chi connectivity index (χ2v) is 5.58. The van der Waals surface area contributed by atoms with E-state index in [1.54, 1.807) is 25.2 Å². The lowest BCUT2D eigenvalue weighted by atomic mass is 10.1. The summed E-state index contributed by atoms with van der Waals surface area (Å²) in [6, 6.07) is 4.97. The molecule has 1 aromatic heterocycles. The van der Waals surface area contributed by atoms with Crippen LogP contribution in [0.2, 0.25) is 10.0 Å². The first kappa shape index (κ1) is 15.7. The van der Waals surface area contributed by atoms with Crippen molar-refractivity contribution in [2.45, 2.75) is 19.8 Å². The number of hydrogen-bond acceptors (Lipinski definition) is 4. The molecule has 0 spiro atoms. The Labute approximate surface area is 132 Å². The molecule has 21 heavy (non-hydrogen) atoms. The monoisotopic (exact) mass is 327 g/mol. The molecule has 2 rings (SSSR count). The second kappa shape index (κ2) is 6.37. The maximum absolute atomic E-state index is 11.6. The van der Waals surface area contributed by atoms with Crippen LogP contribution in [0.15, 0.2) is 23.0 Å². The number of nitrogens with one attached hydrogen (secondary N) is 2. The number of aromatic nitrogens is 2. The van der Waals surface area contributed by atoms with Crippen molar-refractivity contribution in [3.63, 3.8) is 0 Å². The molecule has 0 fully saturated rings. The quantitative estimate of drug-likeness (QED) is 0.889. The number of anilines is 1. The van der Waals surface area contributed by atoms with Crippen LogP contribution in [0.4, 0.5) is 5.69 Å². The maximum atomic E-state index is 11.6. The SMILES string of the molecule is CNc1cc(Cl)c(Oc2cc(C(C)C)c(=O)[nH]n2)c(Cl)c1. The van der Waals surface area contributed by atoms with E-state index in [0.29, 0.717) is 21.4 Å². The highest BCUT2D eigenvalue weighted by atomic mass is 35.5. The molecule has 0 unspecified atom stereocenters. The van der Waals surface area contributed by atoms with Gasteiger partial charge in [-0.25, -0.2) is 5.10 Å². The van der Waals surface area contributed by atoms with Crippen LogP contribution in [0.3, 0.4) is 0 Å².